The van der Waals surface area contributed by atoms with Crippen molar-refractivity contribution in [3.8, 4) is 0 Å². The minimum atomic E-state index is 0.0880. The van der Waals surface area contributed by atoms with E-state index in [0.29, 0.717) is 6.23 Å². The molecule has 2 heteroatoms. The van der Waals surface area contributed by atoms with Gasteiger partial charge < -0.3 is 5.11 Å². The van der Waals surface area contributed by atoms with Crippen molar-refractivity contribution in [2.75, 3.05) is 6.23 Å². The third kappa shape index (κ3) is 2.05. The van der Waals surface area contributed by atoms with Gasteiger partial charge in [0.05, 0.1) is 0 Å². The fourth-order valence-corrected chi connectivity index (χ4v) is 0. The van der Waals surface area contributed by atoms with Gasteiger partial charge in [0.2, 0.25) is 0 Å². The molecule has 0 aliphatic heterocycles. The first-order chi connectivity index (χ1) is 1.91. The highest BCUT2D eigenvalue weighted by molar-refractivity contribution is 6.40. The van der Waals surface area contributed by atoms with Crippen LogP contribution in [0.2, 0.25) is 0 Å². The van der Waals surface area contributed by atoms with Gasteiger partial charge >= 0.3 is 0 Å². The highest BCUT2D eigenvalue weighted by Crippen LogP contribution is 1.23. The number of aliphatic hydroxyl groups is 1. The van der Waals surface area contributed by atoms with E-state index in [9.17, 15) is 0 Å². The monoisotopic (exact) mass is 74.0 g/mol. The highest BCUT2D eigenvalue weighted by Gasteiger charge is 1.47. The Morgan fingerprint density at radius 2 is 2.25 bits per heavy atom. The summed E-state index contributed by atoms with van der Waals surface area (Å²) in [6.07, 6.45) is 3.73. The standard InChI is InChI=1S/C2H6OSi/c1-4-2-3/h3-4H,1-2H2. The van der Waals surface area contributed by atoms with E-state index in [1.54, 1.807) is 0 Å². The molecule has 24 valence electrons. The van der Waals surface area contributed by atoms with Crippen molar-refractivity contribution in [1.82, 2.24) is 0 Å². The molecule has 0 aromatic heterocycles. The molecule has 1 N–H and O–H groups in total. The van der Waals surface area contributed by atoms with E-state index in [-0.39, 0.29) is 9.13 Å². The average molecular weight is 74.2 g/mol. The van der Waals surface area contributed by atoms with Crippen LogP contribution in [0.3, 0.4) is 0 Å². The Bertz CT molecular complexity index is 20.0. The van der Waals surface area contributed by atoms with Gasteiger partial charge in [-0.1, -0.05) is 0 Å². The maximum atomic E-state index is 7.85. The molecule has 0 amide bonds. The topological polar surface area (TPSA) is 20.2 Å². The summed E-state index contributed by atoms with van der Waals surface area (Å²) in [5, 5.41) is 7.85. The molecule has 0 aromatic carbocycles. The third-order valence-electron chi connectivity index (χ3n) is 0.129. The van der Waals surface area contributed by atoms with Crippen LogP contribution >= 0.6 is 0 Å². The molecule has 0 unspecified atom stereocenters. The van der Waals surface area contributed by atoms with Gasteiger partial charge in [-0.05, 0) is 0 Å². The first-order valence-electron chi connectivity index (χ1n) is 1.13. The summed E-state index contributed by atoms with van der Waals surface area (Å²) in [6.45, 7) is 0. The van der Waals surface area contributed by atoms with Crippen LogP contribution in [0.4, 0.5) is 0 Å². The SMILES string of the molecule is C=[SiH]CO. The van der Waals surface area contributed by atoms with Crippen molar-refractivity contribution >= 4 is 15.3 Å². The summed E-state index contributed by atoms with van der Waals surface area (Å²) in [6, 6.07) is 0. The number of hydrogen-bond donors (Lipinski definition) is 1. The molecule has 0 saturated carbocycles. The molecule has 0 radical (unpaired) electrons. The molecule has 0 bridgehead atoms. The normalized spacial score (nSPS) is 6.25. The molecule has 0 atom stereocenters. The van der Waals surface area contributed by atoms with Crippen LogP contribution in [0, 0.1) is 0 Å². The van der Waals surface area contributed by atoms with Gasteiger partial charge in [-0.3, -0.25) is 0 Å². The lowest BCUT2D eigenvalue weighted by molar-refractivity contribution is 0.368. The van der Waals surface area contributed by atoms with Crippen molar-refractivity contribution in [3.05, 3.63) is 0 Å². The third-order valence-corrected chi connectivity index (χ3v) is 0.387. The van der Waals surface area contributed by atoms with E-state index >= 15 is 0 Å². The Balaban J connectivity index is 2.30. The highest BCUT2D eigenvalue weighted by atomic mass is 28.2. The molecule has 0 spiro atoms. The summed E-state index contributed by atoms with van der Waals surface area (Å²) in [5.41, 5.74) is 0. The predicted molar refractivity (Wildman–Crippen MR) is 21.4 cm³/mol. The molecule has 0 aliphatic rings. The molecular weight excluding hydrogens is 68.1 g/mol. The van der Waals surface area contributed by atoms with Crippen molar-refractivity contribution in [2.24, 2.45) is 0 Å². The van der Waals surface area contributed by atoms with Crippen LogP contribution in [0.5, 0.6) is 0 Å². The Morgan fingerprint density at radius 3 is 2.25 bits per heavy atom. The van der Waals surface area contributed by atoms with Crippen molar-refractivity contribution in [3.63, 3.8) is 0 Å². The first kappa shape index (κ1) is 4.05. The Hall–Kier alpha value is 0.0469. The van der Waals surface area contributed by atoms with Gasteiger partial charge in [0.25, 0.3) is 0 Å². The lowest BCUT2D eigenvalue weighted by atomic mass is 11.7. The maximum Gasteiger partial charge on any atom is 0.0450 e. The second kappa shape index (κ2) is 3.05. The largest absolute Gasteiger partial charge is 0.397 e. The van der Waals surface area contributed by atoms with Crippen molar-refractivity contribution in [2.45, 2.75) is 0 Å². The van der Waals surface area contributed by atoms with Crippen molar-refractivity contribution in [1.29, 1.82) is 0 Å². The van der Waals surface area contributed by atoms with E-state index in [2.05, 4.69) is 6.17 Å². The molecule has 0 saturated heterocycles. The Morgan fingerprint density at radius 1 is 2.00 bits per heavy atom. The zero-order valence-corrected chi connectivity index (χ0v) is 3.59. The zero-order valence-electron chi connectivity index (χ0n) is 2.44. The van der Waals surface area contributed by atoms with Crippen LogP contribution in [0.15, 0.2) is 0 Å². The van der Waals surface area contributed by atoms with Crippen LogP contribution in [0.1, 0.15) is 0 Å². The van der Waals surface area contributed by atoms with E-state index in [1.165, 1.54) is 0 Å². The van der Waals surface area contributed by atoms with Gasteiger partial charge in [-0.15, -0.1) is 6.17 Å². The molecule has 1 nitrogen and oxygen atoms in total. The summed E-state index contributed by atoms with van der Waals surface area (Å²) >= 11 is 0. The van der Waals surface area contributed by atoms with E-state index in [4.69, 9.17) is 5.11 Å². The molecule has 0 fully saturated rings. The predicted octanol–water partition coefficient (Wildman–Crippen LogP) is -1.20. The van der Waals surface area contributed by atoms with Crippen LogP contribution in [0.25, 0.3) is 0 Å². The van der Waals surface area contributed by atoms with E-state index in [0.717, 1.165) is 0 Å². The van der Waals surface area contributed by atoms with Crippen LogP contribution in [-0.2, 0) is 0 Å². The number of aliphatic hydroxyl groups excluding tert-OH is 1. The quantitative estimate of drug-likeness (QED) is 0.388. The van der Waals surface area contributed by atoms with Crippen LogP contribution < -0.4 is 0 Å². The fraction of sp³-hybridized carbons (Fsp3) is 0.500. The lowest BCUT2D eigenvalue weighted by Gasteiger charge is -1.59. The average Bonchev–Trinajstić information content (AvgIpc) is 1.37. The van der Waals surface area contributed by atoms with Gasteiger partial charge in [0.15, 0.2) is 0 Å². The van der Waals surface area contributed by atoms with Crippen LogP contribution in [-0.4, -0.2) is 26.6 Å². The second-order valence-corrected chi connectivity index (χ2v) is 1.41. The summed E-state index contributed by atoms with van der Waals surface area (Å²) < 4.78 is 0. The second-order valence-electron chi connectivity index (χ2n) is 0.471. The van der Waals surface area contributed by atoms with Gasteiger partial charge in [0, 0.05) is 15.4 Å². The zero-order chi connectivity index (χ0) is 3.41. The maximum absolute atomic E-state index is 7.85. The first-order valence-corrected chi connectivity index (χ1v) is 2.77. The number of hydrogen-bond acceptors (Lipinski definition) is 1. The van der Waals surface area contributed by atoms with Gasteiger partial charge in [-0.2, -0.15) is 0 Å². The minimum Gasteiger partial charge on any atom is -0.397 e. The van der Waals surface area contributed by atoms with E-state index in [1.807, 2.05) is 0 Å². The molecule has 0 heterocycles. The molecule has 0 aliphatic carbocycles. The summed E-state index contributed by atoms with van der Waals surface area (Å²) in [7, 11) is 0.0880. The Kier molecular flexibility index (Phi) is 3.08. The van der Waals surface area contributed by atoms with Gasteiger partial charge in [0.1, 0.15) is 0 Å². The molecular formula is C2H6OSi. The van der Waals surface area contributed by atoms with Crippen molar-refractivity contribution < 1.29 is 5.11 Å². The number of rotatable bonds is 1. The van der Waals surface area contributed by atoms with E-state index < -0.39 is 0 Å². The Labute approximate surface area is 27.7 Å². The summed E-state index contributed by atoms with van der Waals surface area (Å²) in [4.78, 5) is 0. The summed E-state index contributed by atoms with van der Waals surface area (Å²) in [5.74, 6) is 0. The van der Waals surface area contributed by atoms with Gasteiger partial charge in [-0.25, -0.2) is 0 Å². The fourth-order valence-electron chi connectivity index (χ4n) is 0. The lowest BCUT2D eigenvalue weighted by Crippen LogP contribution is -1.79. The molecule has 0 rings (SSSR count). The molecule has 4 heavy (non-hydrogen) atoms. The molecule has 0 aromatic rings. The smallest absolute Gasteiger partial charge is 0.0450 e. The minimum absolute atomic E-state index is 0.0880.